The molecule has 0 aliphatic heterocycles. The van der Waals surface area contributed by atoms with Crippen molar-refractivity contribution in [1.29, 1.82) is 0 Å². The van der Waals surface area contributed by atoms with E-state index in [2.05, 4.69) is 10.3 Å². The van der Waals surface area contributed by atoms with E-state index in [-0.39, 0.29) is 11.4 Å². The zero-order valence-electron chi connectivity index (χ0n) is 11.3. The van der Waals surface area contributed by atoms with Crippen LogP contribution in [0.3, 0.4) is 0 Å². The van der Waals surface area contributed by atoms with E-state index in [4.69, 9.17) is 0 Å². The molecule has 19 heavy (non-hydrogen) atoms. The number of amides is 1. The summed E-state index contributed by atoms with van der Waals surface area (Å²) in [6, 6.07) is 9.91. The Labute approximate surface area is 113 Å². The van der Waals surface area contributed by atoms with Gasteiger partial charge < -0.3 is 9.88 Å². The monoisotopic (exact) mass is 257 g/mol. The van der Waals surface area contributed by atoms with Crippen molar-refractivity contribution < 1.29 is 4.79 Å². The lowest BCUT2D eigenvalue weighted by Crippen LogP contribution is -2.34. The molecule has 0 spiro atoms. The molecule has 4 nitrogen and oxygen atoms in total. The quantitative estimate of drug-likeness (QED) is 0.893. The molecule has 4 heteroatoms. The van der Waals surface area contributed by atoms with Gasteiger partial charge in [0.1, 0.15) is 0 Å². The minimum Gasteiger partial charge on any atom is -0.352 e. The first-order valence-corrected chi connectivity index (χ1v) is 6.37. The van der Waals surface area contributed by atoms with Crippen LogP contribution in [0.2, 0.25) is 0 Å². The van der Waals surface area contributed by atoms with Gasteiger partial charge in [0.2, 0.25) is 5.91 Å². The van der Waals surface area contributed by atoms with E-state index in [1.807, 2.05) is 54.9 Å². The minimum atomic E-state index is -0.267. The van der Waals surface area contributed by atoms with E-state index in [0.29, 0.717) is 13.0 Å². The van der Waals surface area contributed by atoms with Crippen LogP contribution in [0.5, 0.6) is 0 Å². The highest BCUT2D eigenvalue weighted by Crippen LogP contribution is 2.18. The third kappa shape index (κ3) is 3.68. The predicted octanol–water partition coefficient (Wildman–Crippen LogP) is 2.32. The first kappa shape index (κ1) is 13.3. The Morgan fingerprint density at radius 1 is 1.32 bits per heavy atom. The summed E-state index contributed by atoms with van der Waals surface area (Å²) < 4.78 is 1.95. The summed E-state index contributed by atoms with van der Waals surface area (Å²) in [7, 11) is 0. The van der Waals surface area contributed by atoms with Crippen LogP contribution in [0.15, 0.2) is 49.1 Å². The van der Waals surface area contributed by atoms with E-state index in [1.54, 1.807) is 12.5 Å². The molecular formula is C15H19N3O. The summed E-state index contributed by atoms with van der Waals surface area (Å²) in [5.74, 6) is 0.0440. The lowest BCUT2D eigenvalue weighted by atomic mass is 10.00. The van der Waals surface area contributed by atoms with Crippen molar-refractivity contribution in [3.63, 3.8) is 0 Å². The minimum absolute atomic E-state index is 0.0440. The van der Waals surface area contributed by atoms with Gasteiger partial charge in [0.05, 0.1) is 6.33 Å². The van der Waals surface area contributed by atoms with Crippen molar-refractivity contribution in [3.05, 3.63) is 54.6 Å². The molecule has 1 amide bonds. The molecule has 0 fully saturated rings. The fraction of sp³-hybridized carbons (Fsp3) is 0.333. The number of carbonyl (C=O) groups excluding carboxylic acids is 1. The Hall–Kier alpha value is -2.10. The van der Waals surface area contributed by atoms with E-state index < -0.39 is 0 Å². The first-order valence-electron chi connectivity index (χ1n) is 6.37. The van der Waals surface area contributed by atoms with Gasteiger partial charge in [0, 0.05) is 30.9 Å². The molecule has 1 aromatic heterocycles. The maximum Gasteiger partial charge on any atom is 0.222 e. The molecule has 0 atom stereocenters. The standard InChI is InChI=1S/C15H19N3O/c1-15(2,18-9-8-16-12-18)10-14(19)17-11-13-6-4-3-5-7-13/h3-9,12H,10-11H2,1-2H3,(H,17,19). The van der Waals surface area contributed by atoms with Gasteiger partial charge in [-0.25, -0.2) is 4.98 Å². The highest BCUT2D eigenvalue weighted by molar-refractivity contribution is 5.76. The number of nitrogens with zero attached hydrogens (tertiary/aromatic N) is 2. The third-order valence-electron chi connectivity index (χ3n) is 3.13. The van der Waals surface area contributed by atoms with Gasteiger partial charge in [0.15, 0.2) is 0 Å². The fourth-order valence-electron chi connectivity index (χ4n) is 1.96. The molecule has 1 N–H and O–H groups in total. The van der Waals surface area contributed by atoms with Crippen LogP contribution < -0.4 is 5.32 Å². The number of imidazole rings is 1. The van der Waals surface area contributed by atoms with Crippen LogP contribution in [-0.2, 0) is 16.9 Å². The molecule has 0 aliphatic carbocycles. The molecule has 0 aliphatic rings. The van der Waals surface area contributed by atoms with Gasteiger partial charge in [-0.1, -0.05) is 30.3 Å². The van der Waals surface area contributed by atoms with E-state index in [0.717, 1.165) is 5.56 Å². The molecule has 0 bridgehead atoms. The zero-order chi connectivity index (χ0) is 13.7. The van der Waals surface area contributed by atoms with Gasteiger partial charge in [0.25, 0.3) is 0 Å². The number of carbonyl (C=O) groups is 1. The van der Waals surface area contributed by atoms with Crippen molar-refractivity contribution in [2.24, 2.45) is 0 Å². The average Bonchev–Trinajstić information content (AvgIpc) is 2.92. The van der Waals surface area contributed by atoms with Crippen molar-refractivity contribution in [3.8, 4) is 0 Å². The molecule has 0 unspecified atom stereocenters. The van der Waals surface area contributed by atoms with Gasteiger partial charge in [-0.15, -0.1) is 0 Å². The normalized spacial score (nSPS) is 11.3. The largest absolute Gasteiger partial charge is 0.352 e. The average molecular weight is 257 g/mol. The van der Waals surface area contributed by atoms with Crippen LogP contribution >= 0.6 is 0 Å². The molecule has 2 rings (SSSR count). The van der Waals surface area contributed by atoms with Gasteiger partial charge in [-0.05, 0) is 19.4 Å². The summed E-state index contributed by atoms with van der Waals surface area (Å²) in [6.07, 6.45) is 5.77. The number of rotatable bonds is 5. The Morgan fingerprint density at radius 2 is 2.05 bits per heavy atom. The van der Waals surface area contributed by atoms with Gasteiger partial charge in [-0.3, -0.25) is 4.79 Å². The molecule has 100 valence electrons. The van der Waals surface area contributed by atoms with E-state index in [9.17, 15) is 4.79 Å². The van der Waals surface area contributed by atoms with Gasteiger partial charge >= 0.3 is 0 Å². The van der Waals surface area contributed by atoms with E-state index in [1.165, 1.54) is 0 Å². The highest BCUT2D eigenvalue weighted by atomic mass is 16.1. The summed E-state index contributed by atoms with van der Waals surface area (Å²) in [6.45, 7) is 4.62. The summed E-state index contributed by atoms with van der Waals surface area (Å²) >= 11 is 0. The smallest absolute Gasteiger partial charge is 0.222 e. The predicted molar refractivity (Wildman–Crippen MR) is 74.5 cm³/mol. The Balaban J connectivity index is 1.88. The van der Waals surface area contributed by atoms with Crippen LogP contribution in [-0.4, -0.2) is 15.5 Å². The number of hydrogen-bond acceptors (Lipinski definition) is 2. The Kier molecular flexibility index (Phi) is 4.00. The molecule has 0 saturated carbocycles. The van der Waals surface area contributed by atoms with Crippen LogP contribution in [0.25, 0.3) is 0 Å². The summed E-state index contributed by atoms with van der Waals surface area (Å²) in [5.41, 5.74) is 0.841. The zero-order valence-corrected chi connectivity index (χ0v) is 11.3. The number of aromatic nitrogens is 2. The Morgan fingerprint density at radius 3 is 2.68 bits per heavy atom. The molecular weight excluding hydrogens is 238 g/mol. The number of benzene rings is 1. The molecule has 1 aromatic carbocycles. The van der Waals surface area contributed by atoms with Gasteiger partial charge in [-0.2, -0.15) is 0 Å². The SMILES string of the molecule is CC(C)(CC(=O)NCc1ccccc1)n1ccnc1. The highest BCUT2D eigenvalue weighted by Gasteiger charge is 2.23. The maximum absolute atomic E-state index is 12.0. The lowest BCUT2D eigenvalue weighted by Gasteiger charge is -2.25. The van der Waals surface area contributed by atoms with Crippen LogP contribution in [0, 0.1) is 0 Å². The second-order valence-corrected chi connectivity index (χ2v) is 5.22. The fourth-order valence-corrected chi connectivity index (χ4v) is 1.96. The second kappa shape index (κ2) is 5.69. The van der Waals surface area contributed by atoms with Crippen molar-refractivity contribution in [2.45, 2.75) is 32.4 Å². The first-order chi connectivity index (χ1) is 9.08. The van der Waals surface area contributed by atoms with Crippen molar-refractivity contribution in [1.82, 2.24) is 14.9 Å². The molecule has 0 saturated heterocycles. The summed E-state index contributed by atoms with van der Waals surface area (Å²) in [5, 5.41) is 2.94. The van der Waals surface area contributed by atoms with Crippen LogP contribution in [0.1, 0.15) is 25.8 Å². The number of hydrogen-bond donors (Lipinski definition) is 1. The van der Waals surface area contributed by atoms with Crippen molar-refractivity contribution in [2.75, 3.05) is 0 Å². The molecule has 2 aromatic rings. The maximum atomic E-state index is 12.0. The topological polar surface area (TPSA) is 46.9 Å². The van der Waals surface area contributed by atoms with Crippen molar-refractivity contribution >= 4 is 5.91 Å². The van der Waals surface area contributed by atoms with E-state index >= 15 is 0 Å². The second-order valence-electron chi connectivity index (χ2n) is 5.22. The third-order valence-corrected chi connectivity index (χ3v) is 3.13. The molecule has 1 heterocycles. The Bertz CT molecular complexity index is 518. The summed E-state index contributed by atoms with van der Waals surface area (Å²) in [4.78, 5) is 16.0. The number of nitrogens with one attached hydrogen (secondary N) is 1. The molecule has 0 radical (unpaired) electrons. The van der Waals surface area contributed by atoms with Crippen LogP contribution in [0.4, 0.5) is 0 Å². The lowest BCUT2D eigenvalue weighted by molar-refractivity contribution is -0.122.